The highest BCUT2D eigenvalue weighted by Crippen LogP contribution is 2.28. The number of nitrogens with one attached hydrogen (secondary N) is 1. The molecule has 1 amide bonds. The second-order valence-electron chi connectivity index (χ2n) is 6.37. The number of carbonyl (C=O) groups is 1. The molecule has 0 bridgehead atoms. The fourth-order valence-electron chi connectivity index (χ4n) is 2.94. The van der Waals surface area contributed by atoms with E-state index in [2.05, 4.69) is 26.2 Å². The van der Waals surface area contributed by atoms with Crippen LogP contribution >= 0.6 is 15.9 Å². The number of oxazole rings is 1. The molecule has 0 saturated heterocycles. The van der Waals surface area contributed by atoms with Crippen molar-refractivity contribution in [3.63, 3.8) is 0 Å². The minimum Gasteiger partial charge on any atom is -0.496 e. The number of hydrogen-bond acceptors (Lipinski definition) is 4. The Morgan fingerprint density at radius 1 is 1.11 bits per heavy atom. The first-order valence-corrected chi connectivity index (χ1v) is 9.45. The molecule has 0 radical (unpaired) electrons. The summed E-state index contributed by atoms with van der Waals surface area (Å²) in [6, 6.07) is 18.6. The number of halogens is 1. The number of aryl methyl sites for hydroxylation is 1. The fourth-order valence-corrected chi connectivity index (χ4v) is 3.30. The maximum atomic E-state index is 12.7. The van der Waals surface area contributed by atoms with Crippen molar-refractivity contribution in [3.05, 3.63) is 76.3 Å². The number of nitrogens with zero attached hydrogens (tertiary/aromatic N) is 1. The van der Waals surface area contributed by atoms with Gasteiger partial charge in [-0.05, 0) is 61.0 Å². The van der Waals surface area contributed by atoms with Crippen molar-refractivity contribution in [2.45, 2.75) is 6.92 Å². The van der Waals surface area contributed by atoms with E-state index < -0.39 is 0 Å². The summed E-state index contributed by atoms with van der Waals surface area (Å²) in [4.78, 5) is 17.3. The van der Waals surface area contributed by atoms with Gasteiger partial charge in [0.1, 0.15) is 11.3 Å². The van der Waals surface area contributed by atoms with Crippen LogP contribution in [0, 0.1) is 6.92 Å². The topological polar surface area (TPSA) is 64.4 Å². The highest BCUT2D eigenvalue weighted by Gasteiger charge is 2.14. The van der Waals surface area contributed by atoms with Crippen LogP contribution in [0.1, 0.15) is 15.9 Å². The molecule has 6 heteroatoms. The van der Waals surface area contributed by atoms with E-state index in [-0.39, 0.29) is 5.91 Å². The SMILES string of the molecule is COc1ccc(Br)cc1C(=O)Nc1cccc(-c2nc3ccc(C)cc3o2)c1. The monoisotopic (exact) mass is 436 g/mol. The van der Waals surface area contributed by atoms with Gasteiger partial charge in [0.2, 0.25) is 5.89 Å². The van der Waals surface area contributed by atoms with Gasteiger partial charge in [-0.2, -0.15) is 0 Å². The van der Waals surface area contributed by atoms with Crippen molar-refractivity contribution in [2.75, 3.05) is 12.4 Å². The molecule has 0 aliphatic rings. The van der Waals surface area contributed by atoms with Gasteiger partial charge in [0.15, 0.2) is 5.58 Å². The van der Waals surface area contributed by atoms with Crippen LogP contribution in [-0.2, 0) is 0 Å². The average Bonchev–Trinajstić information content (AvgIpc) is 3.11. The number of hydrogen-bond donors (Lipinski definition) is 1. The Morgan fingerprint density at radius 3 is 2.79 bits per heavy atom. The van der Waals surface area contributed by atoms with E-state index in [0.717, 1.165) is 26.7 Å². The predicted molar refractivity (Wildman–Crippen MR) is 113 cm³/mol. The third-order valence-electron chi connectivity index (χ3n) is 4.32. The van der Waals surface area contributed by atoms with E-state index in [9.17, 15) is 4.79 Å². The lowest BCUT2D eigenvalue weighted by molar-refractivity contribution is 0.102. The molecule has 0 aliphatic carbocycles. The summed E-state index contributed by atoms with van der Waals surface area (Å²) in [7, 11) is 1.54. The molecular weight excluding hydrogens is 420 g/mol. The van der Waals surface area contributed by atoms with Crippen LogP contribution in [0.3, 0.4) is 0 Å². The van der Waals surface area contributed by atoms with Gasteiger partial charge >= 0.3 is 0 Å². The van der Waals surface area contributed by atoms with Crippen LogP contribution in [0.4, 0.5) is 5.69 Å². The lowest BCUT2D eigenvalue weighted by Crippen LogP contribution is -2.13. The predicted octanol–water partition coefficient (Wildman–Crippen LogP) is 5.83. The third kappa shape index (κ3) is 3.64. The Morgan fingerprint density at radius 2 is 1.96 bits per heavy atom. The van der Waals surface area contributed by atoms with Gasteiger partial charge in [-0.3, -0.25) is 4.79 Å². The van der Waals surface area contributed by atoms with Gasteiger partial charge < -0.3 is 14.5 Å². The normalized spacial score (nSPS) is 10.8. The molecule has 0 saturated carbocycles. The molecule has 5 nitrogen and oxygen atoms in total. The number of ether oxygens (including phenoxy) is 1. The van der Waals surface area contributed by atoms with E-state index >= 15 is 0 Å². The van der Waals surface area contributed by atoms with Gasteiger partial charge in [0.25, 0.3) is 5.91 Å². The van der Waals surface area contributed by atoms with Crippen LogP contribution in [0.5, 0.6) is 5.75 Å². The first-order chi connectivity index (χ1) is 13.5. The molecule has 0 fully saturated rings. The molecule has 1 aromatic heterocycles. The molecule has 0 aliphatic heterocycles. The summed E-state index contributed by atoms with van der Waals surface area (Å²) < 4.78 is 12.0. The fraction of sp³-hybridized carbons (Fsp3) is 0.0909. The van der Waals surface area contributed by atoms with Gasteiger partial charge in [-0.15, -0.1) is 0 Å². The quantitative estimate of drug-likeness (QED) is 0.437. The van der Waals surface area contributed by atoms with E-state index in [1.54, 1.807) is 12.1 Å². The van der Waals surface area contributed by atoms with Gasteiger partial charge in [-0.1, -0.05) is 28.1 Å². The molecule has 0 atom stereocenters. The molecule has 1 heterocycles. The van der Waals surface area contributed by atoms with E-state index in [1.165, 1.54) is 7.11 Å². The van der Waals surface area contributed by atoms with E-state index in [1.807, 2.05) is 55.5 Å². The summed E-state index contributed by atoms with van der Waals surface area (Å²) in [6.07, 6.45) is 0. The van der Waals surface area contributed by atoms with Crippen molar-refractivity contribution in [3.8, 4) is 17.2 Å². The average molecular weight is 437 g/mol. The number of rotatable bonds is 4. The minimum absolute atomic E-state index is 0.261. The first kappa shape index (κ1) is 18.3. The van der Waals surface area contributed by atoms with Crippen molar-refractivity contribution in [1.82, 2.24) is 4.98 Å². The zero-order valence-corrected chi connectivity index (χ0v) is 16.9. The number of benzene rings is 3. The zero-order valence-electron chi connectivity index (χ0n) is 15.3. The van der Waals surface area contributed by atoms with Crippen LogP contribution < -0.4 is 10.1 Å². The van der Waals surface area contributed by atoms with E-state index in [4.69, 9.17) is 9.15 Å². The molecule has 140 valence electrons. The zero-order chi connectivity index (χ0) is 19.7. The number of methoxy groups -OCH3 is 1. The number of amides is 1. The van der Waals surface area contributed by atoms with Crippen LogP contribution in [0.25, 0.3) is 22.6 Å². The molecule has 1 N–H and O–H groups in total. The number of carbonyl (C=O) groups excluding carboxylic acids is 1. The summed E-state index contributed by atoms with van der Waals surface area (Å²) in [5.74, 6) is 0.756. The molecule has 4 aromatic rings. The van der Waals surface area contributed by atoms with Crippen LogP contribution in [0.15, 0.2) is 69.6 Å². The smallest absolute Gasteiger partial charge is 0.259 e. The third-order valence-corrected chi connectivity index (χ3v) is 4.81. The molecule has 4 rings (SSSR count). The summed E-state index contributed by atoms with van der Waals surface area (Å²) in [5.41, 5.74) is 4.52. The van der Waals surface area contributed by atoms with Crippen LogP contribution in [0.2, 0.25) is 0 Å². The molecule has 3 aromatic carbocycles. The Kier molecular flexibility index (Phi) is 4.88. The molecule has 28 heavy (non-hydrogen) atoms. The molecule has 0 spiro atoms. The lowest BCUT2D eigenvalue weighted by Gasteiger charge is -2.10. The largest absolute Gasteiger partial charge is 0.496 e. The van der Waals surface area contributed by atoms with Crippen molar-refractivity contribution >= 4 is 38.6 Å². The lowest BCUT2D eigenvalue weighted by atomic mass is 10.1. The second kappa shape index (κ2) is 7.48. The Hall–Kier alpha value is -3.12. The summed E-state index contributed by atoms with van der Waals surface area (Å²) in [5, 5.41) is 2.90. The number of anilines is 1. The molecular formula is C22H17BrN2O3. The van der Waals surface area contributed by atoms with E-state index in [0.29, 0.717) is 22.9 Å². The molecule has 0 unspecified atom stereocenters. The Bertz CT molecular complexity index is 1180. The van der Waals surface area contributed by atoms with Crippen molar-refractivity contribution < 1.29 is 13.9 Å². The van der Waals surface area contributed by atoms with Gasteiger partial charge in [-0.25, -0.2) is 4.98 Å². The van der Waals surface area contributed by atoms with Crippen molar-refractivity contribution in [1.29, 1.82) is 0 Å². The Labute approximate surface area is 170 Å². The number of fused-ring (bicyclic) bond motifs is 1. The first-order valence-electron chi connectivity index (χ1n) is 8.66. The summed E-state index contributed by atoms with van der Waals surface area (Å²) in [6.45, 7) is 2.01. The standard InChI is InChI=1S/C22H17BrN2O3/c1-13-6-8-18-20(10-13)28-22(25-18)14-4-3-5-16(11-14)24-21(26)17-12-15(23)7-9-19(17)27-2/h3-12H,1-2H3,(H,24,26). The Balaban J connectivity index is 1.63. The summed E-state index contributed by atoms with van der Waals surface area (Å²) >= 11 is 3.39. The van der Waals surface area contributed by atoms with Crippen LogP contribution in [-0.4, -0.2) is 18.0 Å². The minimum atomic E-state index is -0.261. The highest BCUT2D eigenvalue weighted by molar-refractivity contribution is 9.10. The second-order valence-corrected chi connectivity index (χ2v) is 7.29. The van der Waals surface area contributed by atoms with Crippen molar-refractivity contribution in [2.24, 2.45) is 0 Å². The van der Waals surface area contributed by atoms with Gasteiger partial charge in [0.05, 0.1) is 12.7 Å². The van der Waals surface area contributed by atoms with Gasteiger partial charge in [0, 0.05) is 15.7 Å². The highest BCUT2D eigenvalue weighted by atomic mass is 79.9. The number of aromatic nitrogens is 1. The maximum Gasteiger partial charge on any atom is 0.259 e. The maximum absolute atomic E-state index is 12.7.